The lowest BCUT2D eigenvalue weighted by molar-refractivity contribution is 0.448. The molecule has 0 aliphatic rings. The summed E-state index contributed by atoms with van der Waals surface area (Å²) in [6.45, 7) is 8.70. The molecule has 1 N–H and O–H groups in total. The van der Waals surface area contributed by atoms with Crippen molar-refractivity contribution in [3.63, 3.8) is 0 Å². The first kappa shape index (κ1) is 14.8. The van der Waals surface area contributed by atoms with E-state index >= 15 is 0 Å². The third kappa shape index (κ3) is 4.50. The van der Waals surface area contributed by atoms with E-state index in [1.807, 2.05) is 18.2 Å². The molecule has 2 atom stereocenters. The van der Waals surface area contributed by atoms with E-state index in [-0.39, 0.29) is 0 Å². The molecular formula is C14H21Cl2N. The van der Waals surface area contributed by atoms with E-state index in [1.165, 1.54) is 6.42 Å². The Balaban J connectivity index is 2.67. The van der Waals surface area contributed by atoms with Crippen molar-refractivity contribution in [2.24, 2.45) is 5.92 Å². The maximum atomic E-state index is 6.22. The predicted molar refractivity (Wildman–Crippen MR) is 77.2 cm³/mol. The van der Waals surface area contributed by atoms with Gasteiger partial charge in [-0.3, -0.25) is 0 Å². The van der Waals surface area contributed by atoms with Crippen LogP contribution >= 0.6 is 23.2 Å². The third-order valence-electron chi connectivity index (χ3n) is 3.20. The number of rotatable bonds is 6. The molecule has 0 heterocycles. The molecule has 17 heavy (non-hydrogen) atoms. The quantitative estimate of drug-likeness (QED) is 0.739. The van der Waals surface area contributed by atoms with Crippen LogP contribution in [0.2, 0.25) is 10.0 Å². The summed E-state index contributed by atoms with van der Waals surface area (Å²) in [6.07, 6.45) is 1.17. The van der Waals surface area contributed by atoms with Crippen LogP contribution in [0.15, 0.2) is 18.2 Å². The standard InChI is InChI=1S/C14H21Cl2N/c1-4-7-17-9-10(2)11(3)13-8-12(15)5-6-14(13)16/h5-6,8,10-11,17H,4,7,9H2,1-3H3. The molecule has 0 aliphatic heterocycles. The Morgan fingerprint density at radius 1 is 1.24 bits per heavy atom. The summed E-state index contributed by atoms with van der Waals surface area (Å²) in [7, 11) is 0. The monoisotopic (exact) mass is 273 g/mol. The SMILES string of the molecule is CCCNCC(C)C(C)c1cc(Cl)ccc1Cl. The zero-order valence-corrected chi connectivity index (χ0v) is 12.3. The van der Waals surface area contributed by atoms with Gasteiger partial charge in [0, 0.05) is 10.0 Å². The average Bonchev–Trinajstić information content (AvgIpc) is 2.31. The highest BCUT2D eigenvalue weighted by atomic mass is 35.5. The summed E-state index contributed by atoms with van der Waals surface area (Å²) in [5.41, 5.74) is 1.14. The fourth-order valence-electron chi connectivity index (χ4n) is 1.85. The fourth-order valence-corrected chi connectivity index (χ4v) is 2.32. The number of halogens is 2. The highest BCUT2D eigenvalue weighted by Crippen LogP contribution is 2.31. The van der Waals surface area contributed by atoms with Crippen LogP contribution in [0, 0.1) is 5.92 Å². The van der Waals surface area contributed by atoms with Crippen molar-refractivity contribution in [3.05, 3.63) is 33.8 Å². The average molecular weight is 274 g/mol. The molecule has 1 aromatic rings. The summed E-state index contributed by atoms with van der Waals surface area (Å²) in [5, 5.41) is 5.01. The second-order valence-corrected chi connectivity index (χ2v) is 5.48. The fraction of sp³-hybridized carbons (Fsp3) is 0.571. The number of nitrogens with one attached hydrogen (secondary N) is 1. The van der Waals surface area contributed by atoms with Crippen LogP contribution in [0.25, 0.3) is 0 Å². The van der Waals surface area contributed by atoms with Gasteiger partial charge in [-0.25, -0.2) is 0 Å². The van der Waals surface area contributed by atoms with Crippen LogP contribution in [-0.2, 0) is 0 Å². The molecule has 0 aromatic heterocycles. The van der Waals surface area contributed by atoms with E-state index in [0.29, 0.717) is 11.8 Å². The molecule has 0 radical (unpaired) electrons. The topological polar surface area (TPSA) is 12.0 Å². The second kappa shape index (κ2) is 7.25. The van der Waals surface area contributed by atoms with Gasteiger partial charge in [0.05, 0.1) is 0 Å². The van der Waals surface area contributed by atoms with Crippen molar-refractivity contribution in [2.75, 3.05) is 13.1 Å². The Morgan fingerprint density at radius 2 is 1.94 bits per heavy atom. The minimum atomic E-state index is 0.408. The van der Waals surface area contributed by atoms with Crippen LogP contribution in [0.4, 0.5) is 0 Å². The van der Waals surface area contributed by atoms with E-state index in [0.717, 1.165) is 28.7 Å². The molecule has 0 amide bonds. The Hall–Kier alpha value is -0.240. The maximum absolute atomic E-state index is 6.22. The molecule has 1 rings (SSSR count). The summed E-state index contributed by atoms with van der Waals surface area (Å²) in [4.78, 5) is 0. The van der Waals surface area contributed by atoms with Gasteiger partial charge in [-0.15, -0.1) is 0 Å². The molecule has 0 bridgehead atoms. The van der Waals surface area contributed by atoms with Crippen molar-refractivity contribution in [2.45, 2.75) is 33.1 Å². The van der Waals surface area contributed by atoms with Crippen LogP contribution in [0.3, 0.4) is 0 Å². The largest absolute Gasteiger partial charge is 0.316 e. The van der Waals surface area contributed by atoms with Gasteiger partial charge in [0.25, 0.3) is 0 Å². The van der Waals surface area contributed by atoms with Crippen molar-refractivity contribution in [1.29, 1.82) is 0 Å². The van der Waals surface area contributed by atoms with Gasteiger partial charge >= 0.3 is 0 Å². The van der Waals surface area contributed by atoms with Gasteiger partial charge in [0.2, 0.25) is 0 Å². The summed E-state index contributed by atoms with van der Waals surface area (Å²) < 4.78 is 0. The van der Waals surface area contributed by atoms with Gasteiger partial charge in [-0.05, 0) is 55.1 Å². The number of hydrogen-bond acceptors (Lipinski definition) is 1. The minimum absolute atomic E-state index is 0.408. The molecular weight excluding hydrogens is 253 g/mol. The summed E-state index contributed by atoms with van der Waals surface area (Å²) >= 11 is 12.2. The van der Waals surface area contributed by atoms with Crippen molar-refractivity contribution < 1.29 is 0 Å². The second-order valence-electron chi connectivity index (χ2n) is 4.64. The van der Waals surface area contributed by atoms with E-state index in [2.05, 4.69) is 26.1 Å². The highest BCUT2D eigenvalue weighted by molar-refractivity contribution is 6.33. The number of hydrogen-bond donors (Lipinski definition) is 1. The first-order chi connectivity index (χ1) is 8.06. The maximum Gasteiger partial charge on any atom is 0.0441 e. The smallest absolute Gasteiger partial charge is 0.0441 e. The predicted octanol–water partition coefficient (Wildman–Crippen LogP) is 4.73. The third-order valence-corrected chi connectivity index (χ3v) is 3.77. The molecule has 1 nitrogen and oxygen atoms in total. The van der Waals surface area contributed by atoms with Crippen molar-refractivity contribution in [1.82, 2.24) is 5.32 Å². The molecule has 0 saturated heterocycles. The molecule has 0 saturated carbocycles. The van der Waals surface area contributed by atoms with Crippen LogP contribution < -0.4 is 5.32 Å². The van der Waals surface area contributed by atoms with E-state index < -0.39 is 0 Å². The van der Waals surface area contributed by atoms with Gasteiger partial charge in [0.15, 0.2) is 0 Å². The highest BCUT2D eigenvalue weighted by Gasteiger charge is 2.16. The molecule has 0 spiro atoms. The van der Waals surface area contributed by atoms with E-state index in [9.17, 15) is 0 Å². The summed E-state index contributed by atoms with van der Waals surface area (Å²) in [5.74, 6) is 0.947. The molecule has 3 heteroatoms. The van der Waals surface area contributed by atoms with Crippen LogP contribution in [-0.4, -0.2) is 13.1 Å². The number of benzene rings is 1. The van der Waals surface area contributed by atoms with Crippen LogP contribution in [0.5, 0.6) is 0 Å². The lowest BCUT2D eigenvalue weighted by atomic mass is 9.89. The van der Waals surface area contributed by atoms with Gasteiger partial charge in [0.1, 0.15) is 0 Å². The van der Waals surface area contributed by atoms with Gasteiger partial charge < -0.3 is 5.32 Å². The summed E-state index contributed by atoms with van der Waals surface area (Å²) in [6, 6.07) is 5.69. The van der Waals surface area contributed by atoms with Crippen molar-refractivity contribution >= 4 is 23.2 Å². The zero-order chi connectivity index (χ0) is 12.8. The lowest BCUT2D eigenvalue weighted by Crippen LogP contribution is -2.25. The van der Waals surface area contributed by atoms with E-state index in [4.69, 9.17) is 23.2 Å². The normalized spacial score (nSPS) is 14.6. The molecule has 1 aromatic carbocycles. The van der Waals surface area contributed by atoms with Crippen LogP contribution in [0.1, 0.15) is 38.7 Å². The van der Waals surface area contributed by atoms with Gasteiger partial charge in [-0.2, -0.15) is 0 Å². The molecule has 2 unspecified atom stereocenters. The molecule has 0 aliphatic carbocycles. The Kier molecular flexibility index (Phi) is 6.32. The minimum Gasteiger partial charge on any atom is -0.316 e. The molecule has 96 valence electrons. The van der Waals surface area contributed by atoms with Gasteiger partial charge in [-0.1, -0.05) is 44.0 Å². The lowest BCUT2D eigenvalue weighted by Gasteiger charge is -2.22. The Bertz CT molecular complexity index is 352. The van der Waals surface area contributed by atoms with E-state index in [1.54, 1.807) is 0 Å². The van der Waals surface area contributed by atoms with Crippen molar-refractivity contribution in [3.8, 4) is 0 Å². The first-order valence-corrected chi connectivity index (χ1v) is 6.97. The Morgan fingerprint density at radius 3 is 2.59 bits per heavy atom. The first-order valence-electron chi connectivity index (χ1n) is 6.22. The molecule has 0 fully saturated rings. The zero-order valence-electron chi connectivity index (χ0n) is 10.8. The Labute approximate surface area is 115 Å².